The third-order valence-corrected chi connectivity index (χ3v) is 4.30. The van der Waals surface area contributed by atoms with Gasteiger partial charge in [0.25, 0.3) is 0 Å². The van der Waals surface area contributed by atoms with Crippen molar-refractivity contribution in [3.05, 3.63) is 51.3 Å². The van der Waals surface area contributed by atoms with Crippen LogP contribution < -0.4 is 5.32 Å². The molecule has 1 aromatic carbocycles. The summed E-state index contributed by atoms with van der Waals surface area (Å²) in [6, 6.07) is 8.19. The normalized spacial score (nSPS) is 12.6. The van der Waals surface area contributed by atoms with Gasteiger partial charge in [-0.2, -0.15) is 5.10 Å². The van der Waals surface area contributed by atoms with Gasteiger partial charge in [-0.3, -0.25) is 4.68 Å². The number of halogens is 2. The molecule has 2 aromatic rings. The zero-order chi connectivity index (χ0) is 15.4. The molecule has 0 spiro atoms. The first-order valence-electron chi connectivity index (χ1n) is 7.25. The maximum absolute atomic E-state index is 6.11. The Kier molecular flexibility index (Phi) is 5.68. The molecule has 0 saturated carbocycles. The van der Waals surface area contributed by atoms with Gasteiger partial charge in [-0.1, -0.05) is 43.1 Å². The van der Waals surface area contributed by atoms with E-state index in [0.29, 0.717) is 10.0 Å². The Hall–Kier alpha value is -1.03. The molecule has 1 atom stereocenters. The number of benzene rings is 1. The zero-order valence-corrected chi connectivity index (χ0v) is 14.2. The van der Waals surface area contributed by atoms with Crippen LogP contribution in [0.2, 0.25) is 10.0 Å². The summed E-state index contributed by atoms with van der Waals surface area (Å²) >= 11 is 12.1. The summed E-state index contributed by atoms with van der Waals surface area (Å²) in [7, 11) is 1.99. The van der Waals surface area contributed by atoms with Gasteiger partial charge in [0.05, 0.1) is 27.5 Å². The Morgan fingerprint density at radius 2 is 1.95 bits per heavy atom. The van der Waals surface area contributed by atoms with E-state index in [9.17, 15) is 0 Å². The average molecular weight is 326 g/mol. The quantitative estimate of drug-likeness (QED) is 0.863. The van der Waals surface area contributed by atoms with Gasteiger partial charge in [-0.25, -0.2) is 0 Å². The molecule has 21 heavy (non-hydrogen) atoms. The average Bonchev–Trinajstić information content (AvgIpc) is 2.83. The third-order valence-electron chi connectivity index (χ3n) is 3.56. The molecule has 0 fully saturated rings. The third kappa shape index (κ3) is 4.00. The van der Waals surface area contributed by atoms with Gasteiger partial charge in [-0.15, -0.1) is 0 Å². The summed E-state index contributed by atoms with van der Waals surface area (Å²) < 4.78 is 1.96. The maximum Gasteiger partial charge on any atom is 0.0625 e. The standard InChI is InChI=1S/C16H21Cl2N3/c1-4-12-10-16(21(3)20-12)15(19-5-2)9-11-6-7-13(17)14(18)8-11/h6-8,10,15,19H,4-5,9H2,1-3H3. The highest BCUT2D eigenvalue weighted by molar-refractivity contribution is 6.42. The van der Waals surface area contributed by atoms with Gasteiger partial charge in [0.2, 0.25) is 0 Å². The smallest absolute Gasteiger partial charge is 0.0625 e. The van der Waals surface area contributed by atoms with Crippen molar-refractivity contribution in [1.82, 2.24) is 15.1 Å². The van der Waals surface area contributed by atoms with Crippen LogP contribution in [0.5, 0.6) is 0 Å². The van der Waals surface area contributed by atoms with E-state index < -0.39 is 0 Å². The summed E-state index contributed by atoms with van der Waals surface area (Å²) in [4.78, 5) is 0. The number of rotatable bonds is 6. The van der Waals surface area contributed by atoms with Gasteiger partial charge in [-0.05, 0) is 43.1 Å². The van der Waals surface area contributed by atoms with Crippen LogP contribution in [0, 0.1) is 0 Å². The van der Waals surface area contributed by atoms with Gasteiger partial charge >= 0.3 is 0 Å². The fourth-order valence-electron chi connectivity index (χ4n) is 2.47. The predicted molar refractivity (Wildman–Crippen MR) is 89.2 cm³/mol. The first kappa shape index (κ1) is 16.3. The van der Waals surface area contributed by atoms with E-state index >= 15 is 0 Å². The van der Waals surface area contributed by atoms with E-state index in [1.807, 2.05) is 29.9 Å². The largest absolute Gasteiger partial charge is 0.309 e. The summed E-state index contributed by atoms with van der Waals surface area (Å²) in [5.74, 6) is 0. The van der Waals surface area contributed by atoms with Gasteiger partial charge < -0.3 is 5.32 Å². The molecule has 0 aliphatic heterocycles. The van der Waals surface area contributed by atoms with Crippen molar-refractivity contribution in [2.24, 2.45) is 7.05 Å². The van der Waals surface area contributed by atoms with Crippen molar-refractivity contribution in [2.75, 3.05) is 6.54 Å². The lowest BCUT2D eigenvalue weighted by Crippen LogP contribution is -2.25. The predicted octanol–water partition coefficient (Wildman–Crippen LogP) is 4.18. The number of aromatic nitrogens is 2. The van der Waals surface area contributed by atoms with E-state index in [2.05, 4.69) is 30.3 Å². The van der Waals surface area contributed by atoms with Crippen molar-refractivity contribution in [1.29, 1.82) is 0 Å². The van der Waals surface area contributed by atoms with Crippen LogP contribution in [0.1, 0.15) is 36.8 Å². The summed E-state index contributed by atoms with van der Waals surface area (Å²) in [6.45, 7) is 5.13. The number of nitrogens with one attached hydrogen (secondary N) is 1. The van der Waals surface area contributed by atoms with E-state index in [0.717, 1.165) is 30.6 Å². The molecular weight excluding hydrogens is 305 g/mol. The molecule has 0 radical (unpaired) electrons. The van der Waals surface area contributed by atoms with Gasteiger partial charge in [0.15, 0.2) is 0 Å². The minimum absolute atomic E-state index is 0.213. The van der Waals surface area contributed by atoms with Crippen molar-refractivity contribution >= 4 is 23.2 Å². The van der Waals surface area contributed by atoms with E-state index in [1.165, 1.54) is 5.69 Å². The minimum atomic E-state index is 0.213. The van der Waals surface area contributed by atoms with Crippen molar-refractivity contribution in [2.45, 2.75) is 32.7 Å². The summed E-state index contributed by atoms with van der Waals surface area (Å²) in [5.41, 5.74) is 3.47. The molecule has 1 N–H and O–H groups in total. The Morgan fingerprint density at radius 3 is 2.52 bits per heavy atom. The molecule has 0 saturated heterocycles. The lowest BCUT2D eigenvalue weighted by Gasteiger charge is -2.18. The van der Waals surface area contributed by atoms with Crippen LogP contribution in [0.25, 0.3) is 0 Å². The monoisotopic (exact) mass is 325 g/mol. The molecule has 2 rings (SSSR count). The number of aryl methyl sites for hydroxylation is 2. The van der Waals surface area contributed by atoms with Crippen LogP contribution >= 0.6 is 23.2 Å². The number of nitrogens with zero attached hydrogens (tertiary/aromatic N) is 2. The molecule has 114 valence electrons. The molecule has 0 bridgehead atoms. The lowest BCUT2D eigenvalue weighted by molar-refractivity contribution is 0.507. The number of hydrogen-bond donors (Lipinski definition) is 1. The second kappa shape index (κ2) is 7.30. The Labute approximate surface area is 136 Å². The highest BCUT2D eigenvalue weighted by Gasteiger charge is 2.16. The van der Waals surface area contributed by atoms with Gasteiger partial charge in [0, 0.05) is 7.05 Å². The van der Waals surface area contributed by atoms with Crippen LogP contribution in [0.4, 0.5) is 0 Å². The van der Waals surface area contributed by atoms with E-state index in [-0.39, 0.29) is 6.04 Å². The maximum atomic E-state index is 6.11. The number of likely N-dealkylation sites (N-methyl/N-ethyl adjacent to an activating group) is 1. The topological polar surface area (TPSA) is 29.9 Å². The molecule has 1 heterocycles. The molecule has 0 aliphatic carbocycles. The fraction of sp³-hybridized carbons (Fsp3) is 0.438. The second-order valence-electron chi connectivity index (χ2n) is 5.10. The molecule has 0 aliphatic rings. The van der Waals surface area contributed by atoms with Crippen LogP contribution in [-0.4, -0.2) is 16.3 Å². The van der Waals surface area contributed by atoms with Crippen LogP contribution in [-0.2, 0) is 19.9 Å². The highest BCUT2D eigenvalue weighted by atomic mass is 35.5. The molecule has 5 heteroatoms. The summed E-state index contributed by atoms with van der Waals surface area (Å²) in [5, 5.41) is 9.25. The van der Waals surface area contributed by atoms with E-state index in [1.54, 1.807) is 0 Å². The lowest BCUT2D eigenvalue weighted by atomic mass is 10.0. The van der Waals surface area contributed by atoms with E-state index in [4.69, 9.17) is 23.2 Å². The zero-order valence-electron chi connectivity index (χ0n) is 12.7. The molecular formula is C16H21Cl2N3. The first-order chi connectivity index (χ1) is 10.0. The highest BCUT2D eigenvalue weighted by Crippen LogP contribution is 2.26. The van der Waals surface area contributed by atoms with Crippen LogP contribution in [0.3, 0.4) is 0 Å². The van der Waals surface area contributed by atoms with Crippen molar-refractivity contribution in [3.8, 4) is 0 Å². The number of hydrogen-bond acceptors (Lipinski definition) is 2. The Balaban J connectivity index is 2.25. The van der Waals surface area contributed by atoms with Gasteiger partial charge in [0.1, 0.15) is 0 Å². The van der Waals surface area contributed by atoms with Crippen LogP contribution in [0.15, 0.2) is 24.3 Å². The Morgan fingerprint density at radius 1 is 1.19 bits per heavy atom. The first-order valence-corrected chi connectivity index (χ1v) is 8.00. The SMILES string of the molecule is CCNC(Cc1ccc(Cl)c(Cl)c1)c1cc(CC)nn1C. The Bertz CT molecular complexity index is 608. The van der Waals surface area contributed by atoms with Crippen molar-refractivity contribution < 1.29 is 0 Å². The summed E-state index contributed by atoms with van der Waals surface area (Å²) in [6.07, 6.45) is 1.80. The molecule has 1 aromatic heterocycles. The van der Waals surface area contributed by atoms with Crippen molar-refractivity contribution in [3.63, 3.8) is 0 Å². The molecule has 0 amide bonds. The minimum Gasteiger partial charge on any atom is -0.309 e. The fourth-order valence-corrected chi connectivity index (χ4v) is 2.79. The molecule has 1 unspecified atom stereocenters. The second-order valence-corrected chi connectivity index (χ2v) is 5.91. The molecule has 3 nitrogen and oxygen atoms in total.